The van der Waals surface area contributed by atoms with Gasteiger partial charge in [-0.15, -0.1) is 6.58 Å². The molecule has 1 aliphatic carbocycles. The molecule has 0 bridgehead atoms. The lowest BCUT2D eigenvalue weighted by atomic mass is 9.86. The molecule has 0 radical (unpaired) electrons. The molecule has 0 spiro atoms. The van der Waals surface area contributed by atoms with Crippen LogP contribution in [0.15, 0.2) is 12.7 Å². The molecule has 0 heterocycles. The molecule has 0 amide bonds. The quantitative estimate of drug-likeness (QED) is 0.650. The Bertz CT molecular complexity index is 194. The fourth-order valence-electron chi connectivity index (χ4n) is 2.09. The molecule has 0 aliphatic heterocycles. The predicted octanol–water partition coefficient (Wildman–Crippen LogP) is 1.42. The van der Waals surface area contributed by atoms with Gasteiger partial charge in [0.2, 0.25) is 0 Å². The highest BCUT2D eigenvalue weighted by Crippen LogP contribution is 2.33. The highest BCUT2D eigenvalue weighted by Gasteiger charge is 2.34. The first kappa shape index (κ1) is 10.3. The van der Waals surface area contributed by atoms with Crippen molar-refractivity contribution in [1.29, 1.82) is 0 Å². The van der Waals surface area contributed by atoms with E-state index in [0.717, 1.165) is 25.7 Å². The molecule has 3 heteroatoms. The minimum absolute atomic E-state index is 0.130. The summed E-state index contributed by atoms with van der Waals surface area (Å²) in [6.07, 6.45) is 4.41. The molecule has 3 nitrogen and oxygen atoms in total. The predicted molar refractivity (Wildman–Crippen MR) is 49.3 cm³/mol. The van der Waals surface area contributed by atoms with Gasteiger partial charge in [0, 0.05) is 0 Å². The van der Waals surface area contributed by atoms with Gasteiger partial charge in [0.15, 0.2) is 0 Å². The zero-order valence-corrected chi connectivity index (χ0v) is 7.65. The summed E-state index contributed by atoms with van der Waals surface area (Å²) < 4.78 is 0. The number of aliphatic hydroxyl groups excluding tert-OH is 1. The summed E-state index contributed by atoms with van der Waals surface area (Å²) in [4.78, 5) is 10.9. The molecule has 13 heavy (non-hydrogen) atoms. The van der Waals surface area contributed by atoms with Crippen LogP contribution in [0.5, 0.6) is 0 Å². The third-order valence-corrected chi connectivity index (χ3v) is 2.80. The lowest BCUT2D eigenvalue weighted by Crippen LogP contribution is -2.32. The van der Waals surface area contributed by atoms with E-state index in [1.807, 2.05) is 0 Å². The zero-order valence-electron chi connectivity index (χ0n) is 7.65. The van der Waals surface area contributed by atoms with E-state index in [1.165, 1.54) is 6.08 Å². The Balaban J connectivity index is 2.65. The van der Waals surface area contributed by atoms with Crippen molar-refractivity contribution >= 4 is 5.97 Å². The Morgan fingerprint density at radius 1 is 1.46 bits per heavy atom. The van der Waals surface area contributed by atoms with Crippen LogP contribution in [-0.2, 0) is 4.79 Å². The number of carbonyl (C=O) groups is 1. The summed E-state index contributed by atoms with van der Waals surface area (Å²) in [5, 5.41) is 18.4. The average Bonchev–Trinajstić information content (AvgIpc) is 2.56. The second kappa shape index (κ2) is 4.42. The van der Waals surface area contributed by atoms with Gasteiger partial charge in [0.05, 0.1) is 12.0 Å². The number of hydrogen-bond acceptors (Lipinski definition) is 2. The first-order valence-electron chi connectivity index (χ1n) is 4.70. The van der Waals surface area contributed by atoms with E-state index in [0.29, 0.717) is 0 Å². The Labute approximate surface area is 78.1 Å². The molecule has 0 aromatic carbocycles. The third kappa shape index (κ3) is 2.31. The van der Waals surface area contributed by atoms with Crippen LogP contribution in [0.2, 0.25) is 0 Å². The first-order chi connectivity index (χ1) is 6.16. The maximum Gasteiger partial charge on any atom is 0.309 e. The maximum atomic E-state index is 10.9. The molecule has 1 fully saturated rings. The SMILES string of the molecule is C=CC(O)C(C(=O)O)C1CCCC1. The number of hydrogen-bond donors (Lipinski definition) is 2. The van der Waals surface area contributed by atoms with Crippen LogP contribution in [-0.4, -0.2) is 22.3 Å². The lowest BCUT2D eigenvalue weighted by molar-refractivity contribution is -0.147. The minimum Gasteiger partial charge on any atom is -0.481 e. The molecule has 0 aromatic rings. The van der Waals surface area contributed by atoms with E-state index < -0.39 is 18.0 Å². The molecular weight excluding hydrogens is 168 g/mol. The highest BCUT2D eigenvalue weighted by atomic mass is 16.4. The average molecular weight is 184 g/mol. The summed E-state index contributed by atoms with van der Waals surface area (Å²) in [5.74, 6) is -1.43. The monoisotopic (exact) mass is 184 g/mol. The summed E-state index contributed by atoms with van der Waals surface area (Å²) in [6, 6.07) is 0. The smallest absolute Gasteiger partial charge is 0.309 e. The van der Waals surface area contributed by atoms with Gasteiger partial charge in [-0.2, -0.15) is 0 Å². The standard InChI is InChI=1S/C10H16O3/c1-2-8(11)9(10(12)13)7-5-3-4-6-7/h2,7-9,11H,1,3-6H2,(H,12,13). The zero-order chi connectivity index (χ0) is 9.84. The molecule has 1 rings (SSSR count). The van der Waals surface area contributed by atoms with Crippen molar-refractivity contribution in [3.05, 3.63) is 12.7 Å². The Morgan fingerprint density at radius 3 is 2.38 bits per heavy atom. The van der Waals surface area contributed by atoms with Gasteiger partial charge >= 0.3 is 5.97 Å². The Kier molecular flexibility index (Phi) is 3.48. The van der Waals surface area contributed by atoms with Crippen LogP contribution in [0.25, 0.3) is 0 Å². The Hall–Kier alpha value is -0.830. The molecule has 2 N–H and O–H groups in total. The summed E-state index contributed by atoms with van der Waals surface area (Å²) >= 11 is 0. The molecule has 1 aliphatic rings. The normalized spacial score (nSPS) is 22.5. The van der Waals surface area contributed by atoms with E-state index in [1.54, 1.807) is 0 Å². The van der Waals surface area contributed by atoms with E-state index in [2.05, 4.69) is 6.58 Å². The van der Waals surface area contributed by atoms with Crippen molar-refractivity contribution in [2.45, 2.75) is 31.8 Å². The maximum absolute atomic E-state index is 10.9. The molecule has 2 unspecified atom stereocenters. The lowest BCUT2D eigenvalue weighted by Gasteiger charge is -2.21. The van der Waals surface area contributed by atoms with E-state index in [4.69, 9.17) is 5.11 Å². The van der Waals surface area contributed by atoms with Gasteiger partial charge in [-0.1, -0.05) is 18.9 Å². The van der Waals surface area contributed by atoms with Crippen molar-refractivity contribution in [2.24, 2.45) is 11.8 Å². The van der Waals surface area contributed by atoms with Gasteiger partial charge in [-0.3, -0.25) is 4.79 Å². The summed E-state index contributed by atoms with van der Waals surface area (Å²) in [6.45, 7) is 3.42. The third-order valence-electron chi connectivity index (χ3n) is 2.80. The second-order valence-electron chi connectivity index (χ2n) is 3.63. The van der Waals surface area contributed by atoms with Crippen LogP contribution < -0.4 is 0 Å². The number of rotatable bonds is 4. The number of carboxylic acids is 1. The van der Waals surface area contributed by atoms with Gasteiger partial charge in [0.25, 0.3) is 0 Å². The second-order valence-corrected chi connectivity index (χ2v) is 3.63. The number of aliphatic hydroxyl groups is 1. The minimum atomic E-state index is -0.903. The molecule has 1 saturated carbocycles. The van der Waals surface area contributed by atoms with Crippen molar-refractivity contribution in [1.82, 2.24) is 0 Å². The van der Waals surface area contributed by atoms with E-state index in [9.17, 15) is 9.90 Å². The van der Waals surface area contributed by atoms with Crippen LogP contribution in [0.1, 0.15) is 25.7 Å². The van der Waals surface area contributed by atoms with E-state index in [-0.39, 0.29) is 5.92 Å². The molecule has 74 valence electrons. The number of carboxylic acid groups (broad SMARTS) is 1. The van der Waals surface area contributed by atoms with Crippen molar-refractivity contribution in [3.8, 4) is 0 Å². The topological polar surface area (TPSA) is 57.5 Å². The molecule has 2 atom stereocenters. The van der Waals surface area contributed by atoms with Gasteiger partial charge in [-0.05, 0) is 18.8 Å². The molecular formula is C10H16O3. The molecule has 0 aromatic heterocycles. The van der Waals surface area contributed by atoms with Gasteiger partial charge in [-0.25, -0.2) is 0 Å². The van der Waals surface area contributed by atoms with E-state index >= 15 is 0 Å². The van der Waals surface area contributed by atoms with Gasteiger partial charge in [0.1, 0.15) is 0 Å². The van der Waals surface area contributed by atoms with Crippen LogP contribution in [0.3, 0.4) is 0 Å². The highest BCUT2D eigenvalue weighted by molar-refractivity contribution is 5.71. The summed E-state index contributed by atoms with van der Waals surface area (Å²) in [5.41, 5.74) is 0. The van der Waals surface area contributed by atoms with Crippen LogP contribution in [0.4, 0.5) is 0 Å². The van der Waals surface area contributed by atoms with Crippen molar-refractivity contribution in [2.75, 3.05) is 0 Å². The van der Waals surface area contributed by atoms with Crippen molar-refractivity contribution in [3.63, 3.8) is 0 Å². The Morgan fingerprint density at radius 2 is 2.00 bits per heavy atom. The molecule has 0 saturated heterocycles. The van der Waals surface area contributed by atoms with Crippen LogP contribution in [0, 0.1) is 11.8 Å². The van der Waals surface area contributed by atoms with Crippen LogP contribution >= 0.6 is 0 Å². The first-order valence-corrected chi connectivity index (χ1v) is 4.70. The fourth-order valence-corrected chi connectivity index (χ4v) is 2.09. The number of aliphatic carboxylic acids is 1. The van der Waals surface area contributed by atoms with Gasteiger partial charge < -0.3 is 10.2 Å². The largest absolute Gasteiger partial charge is 0.481 e. The summed E-state index contributed by atoms with van der Waals surface area (Å²) in [7, 11) is 0. The van der Waals surface area contributed by atoms with Crippen molar-refractivity contribution < 1.29 is 15.0 Å². The fraction of sp³-hybridized carbons (Fsp3) is 0.700.